The Balaban J connectivity index is 2.58. The van der Waals surface area contributed by atoms with E-state index in [1.807, 2.05) is 60.7 Å². The second-order valence-electron chi connectivity index (χ2n) is 6.42. The van der Waals surface area contributed by atoms with Crippen molar-refractivity contribution in [3.63, 3.8) is 0 Å². The van der Waals surface area contributed by atoms with E-state index in [0.717, 1.165) is 6.42 Å². The molecule has 0 unspecified atom stereocenters. The van der Waals surface area contributed by atoms with E-state index < -0.39 is 17.7 Å². The SMILES string of the molecule is COC(=O)[C@H](O)C(OCCC(C)C)(c1ccccc1)c1ccccc1. The van der Waals surface area contributed by atoms with Gasteiger partial charge >= 0.3 is 5.97 Å². The van der Waals surface area contributed by atoms with E-state index in [4.69, 9.17) is 9.47 Å². The molecule has 4 heteroatoms. The van der Waals surface area contributed by atoms with Gasteiger partial charge in [0, 0.05) is 6.61 Å². The number of carbonyl (C=O) groups is 1. The molecule has 2 aromatic rings. The molecule has 2 aromatic carbocycles. The maximum Gasteiger partial charge on any atom is 0.338 e. The van der Waals surface area contributed by atoms with Crippen molar-refractivity contribution < 1.29 is 19.4 Å². The third-order valence-corrected chi connectivity index (χ3v) is 4.24. The summed E-state index contributed by atoms with van der Waals surface area (Å²) in [6, 6.07) is 18.7. The lowest BCUT2D eigenvalue weighted by Gasteiger charge is -2.38. The van der Waals surface area contributed by atoms with E-state index in [0.29, 0.717) is 23.7 Å². The van der Waals surface area contributed by atoms with Gasteiger partial charge in [-0.05, 0) is 23.5 Å². The van der Waals surface area contributed by atoms with E-state index in [9.17, 15) is 9.90 Å². The molecule has 0 amide bonds. The zero-order valence-corrected chi connectivity index (χ0v) is 15.0. The molecule has 4 nitrogen and oxygen atoms in total. The number of hydrogen-bond donors (Lipinski definition) is 1. The molecular weight excluding hydrogens is 316 g/mol. The Morgan fingerprint density at radius 3 is 1.88 bits per heavy atom. The molecule has 2 rings (SSSR count). The molecule has 1 atom stereocenters. The van der Waals surface area contributed by atoms with E-state index in [1.165, 1.54) is 7.11 Å². The summed E-state index contributed by atoms with van der Waals surface area (Å²) in [5.41, 5.74) is 0.107. The maximum atomic E-state index is 12.2. The van der Waals surface area contributed by atoms with Gasteiger partial charge in [-0.2, -0.15) is 0 Å². The highest BCUT2D eigenvalue weighted by atomic mass is 16.6. The number of esters is 1. The molecule has 0 saturated heterocycles. The first-order chi connectivity index (χ1) is 12.0. The minimum atomic E-state index is -1.48. The molecule has 0 heterocycles. The Hall–Kier alpha value is -2.17. The lowest BCUT2D eigenvalue weighted by Crippen LogP contribution is -2.48. The Kier molecular flexibility index (Phi) is 6.73. The lowest BCUT2D eigenvalue weighted by molar-refractivity contribution is -0.171. The van der Waals surface area contributed by atoms with Crippen molar-refractivity contribution in [1.82, 2.24) is 0 Å². The molecule has 0 fully saturated rings. The molecule has 0 aliphatic heterocycles. The number of hydrogen-bond acceptors (Lipinski definition) is 4. The number of ether oxygens (including phenoxy) is 2. The number of aliphatic hydroxyl groups is 1. The van der Waals surface area contributed by atoms with Gasteiger partial charge < -0.3 is 14.6 Å². The zero-order chi connectivity index (χ0) is 18.3. The molecule has 0 spiro atoms. The van der Waals surface area contributed by atoms with Crippen LogP contribution in [0.1, 0.15) is 31.4 Å². The fraction of sp³-hybridized carbons (Fsp3) is 0.381. The van der Waals surface area contributed by atoms with Crippen LogP contribution in [0.3, 0.4) is 0 Å². The Morgan fingerprint density at radius 2 is 1.48 bits per heavy atom. The number of methoxy groups -OCH3 is 1. The van der Waals surface area contributed by atoms with Crippen LogP contribution in [0.25, 0.3) is 0 Å². The molecule has 1 N–H and O–H groups in total. The highest BCUT2D eigenvalue weighted by Crippen LogP contribution is 2.38. The number of aliphatic hydroxyl groups excluding tert-OH is 1. The predicted molar refractivity (Wildman–Crippen MR) is 97.1 cm³/mol. The Labute approximate surface area is 149 Å². The van der Waals surface area contributed by atoms with E-state index in [1.54, 1.807) is 0 Å². The van der Waals surface area contributed by atoms with Crippen LogP contribution in [0, 0.1) is 5.92 Å². The topological polar surface area (TPSA) is 55.8 Å². The largest absolute Gasteiger partial charge is 0.467 e. The van der Waals surface area contributed by atoms with Gasteiger partial charge in [-0.25, -0.2) is 4.79 Å². The molecular formula is C21H26O4. The highest BCUT2D eigenvalue weighted by Gasteiger charge is 2.47. The standard InChI is InChI=1S/C21H26O4/c1-16(2)14-15-25-21(19(22)20(23)24-3,17-10-6-4-7-11-17)18-12-8-5-9-13-18/h4-13,16,19,22H,14-15H2,1-3H3/t19-/m0/s1. The molecule has 0 bridgehead atoms. The van der Waals surface area contributed by atoms with Crippen molar-refractivity contribution in [1.29, 1.82) is 0 Å². The molecule has 0 saturated carbocycles. The van der Waals surface area contributed by atoms with Gasteiger partial charge in [-0.1, -0.05) is 74.5 Å². The molecule has 0 aromatic heterocycles. The normalized spacial score (nSPS) is 12.8. The fourth-order valence-corrected chi connectivity index (χ4v) is 2.83. The molecule has 0 aliphatic rings. The monoisotopic (exact) mass is 342 g/mol. The Morgan fingerprint density at radius 1 is 1.00 bits per heavy atom. The first kappa shape index (κ1) is 19.2. The third-order valence-electron chi connectivity index (χ3n) is 4.24. The van der Waals surface area contributed by atoms with Gasteiger partial charge in [0.1, 0.15) is 0 Å². The minimum absolute atomic E-state index is 0.412. The molecule has 0 aliphatic carbocycles. The smallest absolute Gasteiger partial charge is 0.338 e. The van der Waals surface area contributed by atoms with Gasteiger partial charge in [0.15, 0.2) is 11.7 Å². The predicted octanol–water partition coefficient (Wildman–Crippen LogP) is 3.53. The van der Waals surface area contributed by atoms with Crippen LogP contribution in [0.2, 0.25) is 0 Å². The van der Waals surface area contributed by atoms with Crippen molar-refractivity contribution in [2.45, 2.75) is 32.0 Å². The summed E-state index contributed by atoms with van der Waals surface area (Å²) in [5, 5.41) is 10.9. The summed E-state index contributed by atoms with van der Waals surface area (Å²) >= 11 is 0. The average Bonchev–Trinajstić information content (AvgIpc) is 2.65. The summed E-state index contributed by atoms with van der Waals surface area (Å²) in [4.78, 5) is 12.2. The number of benzene rings is 2. The van der Waals surface area contributed by atoms with Crippen LogP contribution in [0.5, 0.6) is 0 Å². The second kappa shape index (κ2) is 8.79. The van der Waals surface area contributed by atoms with Gasteiger partial charge in [0.05, 0.1) is 7.11 Å². The van der Waals surface area contributed by atoms with Crippen LogP contribution < -0.4 is 0 Å². The molecule has 134 valence electrons. The van der Waals surface area contributed by atoms with Crippen molar-refractivity contribution in [3.05, 3.63) is 71.8 Å². The van der Waals surface area contributed by atoms with Crippen LogP contribution >= 0.6 is 0 Å². The quantitative estimate of drug-likeness (QED) is 0.746. The van der Waals surface area contributed by atoms with Crippen molar-refractivity contribution in [3.8, 4) is 0 Å². The average molecular weight is 342 g/mol. The first-order valence-electron chi connectivity index (χ1n) is 8.53. The van der Waals surface area contributed by atoms with Crippen molar-refractivity contribution >= 4 is 5.97 Å². The number of carbonyl (C=O) groups excluding carboxylic acids is 1. The van der Waals surface area contributed by atoms with Gasteiger partial charge in [-0.15, -0.1) is 0 Å². The van der Waals surface area contributed by atoms with E-state index in [2.05, 4.69) is 13.8 Å². The van der Waals surface area contributed by atoms with Crippen LogP contribution in [-0.4, -0.2) is 30.9 Å². The first-order valence-corrected chi connectivity index (χ1v) is 8.53. The van der Waals surface area contributed by atoms with Crippen LogP contribution in [0.4, 0.5) is 0 Å². The fourth-order valence-electron chi connectivity index (χ4n) is 2.83. The lowest BCUT2D eigenvalue weighted by atomic mass is 9.81. The van der Waals surface area contributed by atoms with E-state index >= 15 is 0 Å². The van der Waals surface area contributed by atoms with Gasteiger partial charge in [0.2, 0.25) is 0 Å². The van der Waals surface area contributed by atoms with Gasteiger partial charge in [-0.3, -0.25) is 0 Å². The van der Waals surface area contributed by atoms with Crippen LogP contribution in [-0.2, 0) is 19.9 Å². The molecule has 0 radical (unpaired) electrons. The highest BCUT2D eigenvalue weighted by molar-refractivity contribution is 5.77. The third kappa shape index (κ3) is 4.27. The summed E-state index contributed by atoms with van der Waals surface area (Å²) in [6.45, 7) is 4.62. The maximum absolute atomic E-state index is 12.2. The summed E-state index contributed by atoms with van der Waals surface area (Å²) < 4.78 is 11.1. The van der Waals surface area contributed by atoms with E-state index in [-0.39, 0.29) is 0 Å². The zero-order valence-electron chi connectivity index (χ0n) is 15.0. The van der Waals surface area contributed by atoms with Gasteiger partial charge in [0.25, 0.3) is 0 Å². The van der Waals surface area contributed by atoms with Crippen molar-refractivity contribution in [2.24, 2.45) is 5.92 Å². The summed E-state index contributed by atoms with van der Waals surface area (Å²) in [6.07, 6.45) is -0.663. The summed E-state index contributed by atoms with van der Waals surface area (Å²) in [7, 11) is 1.26. The summed E-state index contributed by atoms with van der Waals surface area (Å²) in [5.74, 6) is -0.281. The Bertz CT molecular complexity index is 613. The van der Waals surface area contributed by atoms with Crippen molar-refractivity contribution in [2.75, 3.05) is 13.7 Å². The second-order valence-corrected chi connectivity index (χ2v) is 6.42. The van der Waals surface area contributed by atoms with Crippen LogP contribution in [0.15, 0.2) is 60.7 Å². The minimum Gasteiger partial charge on any atom is -0.467 e. The number of rotatable bonds is 8. The molecule has 25 heavy (non-hydrogen) atoms.